The summed E-state index contributed by atoms with van der Waals surface area (Å²) in [6, 6.07) is 10.0. The molecular formula is C13H15N3O2. The van der Waals surface area contributed by atoms with E-state index in [1.807, 2.05) is 30.3 Å². The fraction of sp³-hybridized carbons (Fsp3) is 0.385. The maximum Gasteiger partial charge on any atom is 0.243 e. The number of hydrogen-bond acceptors (Lipinski definition) is 5. The molecule has 1 aromatic heterocycles. The van der Waals surface area contributed by atoms with Gasteiger partial charge in [-0.1, -0.05) is 35.5 Å². The summed E-state index contributed by atoms with van der Waals surface area (Å²) in [4.78, 5) is 4.37. The molecule has 5 nitrogen and oxygen atoms in total. The second-order valence-electron chi connectivity index (χ2n) is 4.56. The standard InChI is InChI=1S/C13H15N3O2/c17-10-7-11(14-8-10)13-15-12(16-18-13)6-9-4-2-1-3-5-9/h1-5,10-11,14,17H,6-8H2/t10-,11-/m0/s1. The predicted molar refractivity (Wildman–Crippen MR) is 64.9 cm³/mol. The Hall–Kier alpha value is -1.72. The lowest BCUT2D eigenvalue weighted by atomic mass is 10.1. The van der Waals surface area contributed by atoms with E-state index in [1.165, 1.54) is 0 Å². The summed E-state index contributed by atoms with van der Waals surface area (Å²) in [6.07, 6.45) is 0.978. The van der Waals surface area contributed by atoms with Crippen molar-refractivity contribution < 1.29 is 9.63 Å². The topological polar surface area (TPSA) is 71.2 Å². The molecular weight excluding hydrogens is 230 g/mol. The Kier molecular flexibility index (Phi) is 3.08. The van der Waals surface area contributed by atoms with Gasteiger partial charge < -0.3 is 14.9 Å². The monoisotopic (exact) mass is 245 g/mol. The Morgan fingerprint density at radius 1 is 1.33 bits per heavy atom. The summed E-state index contributed by atoms with van der Waals surface area (Å²) in [7, 11) is 0. The number of hydrogen-bond donors (Lipinski definition) is 2. The third-order valence-electron chi connectivity index (χ3n) is 3.09. The van der Waals surface area contributed by atoms with Crippen LogP contribution in [0.15, 0.2) is 34.9 Å². The number of nitrogens with zero attached hydrogens (tertiary/aromatic N) is 2. The fourth-order valence-corrected chi connectivity index (χ4v) is 2.16. The SMILES string of the molecule is O[C@@H]1CN[C@H](c2nc(Cc3ccccc3)no2)C1. The lowest BCUT2D eigenvalue weighted by Crippen LogP contribution is -2.15. The number of benzene rings is 1. The summed E-state index contributed by atoms with van der Waals surface area (Å²) >= 11 is 0. The molecule has 0 amide bonds. The molecule has 2 aromatic rings. The molecule has 0 saturated carbocycles. The van der Waals surface area contributed by atoms with Gasteiger partial charge >= 0.3 is 0 Å². The van der Waals surface area contributed by atoms with Crippen LogP contribution in [0.4, 0.5) is 0 Å². The average molecular weight is 245 g/mol. The van der Waals surface area contributed by atoms with Crippen LogP contribution in [0.25, 0.3) is 0 Å². The normalized spacial score (nSPS) is 23.4. The molecule has 1 aliphatic heterocycles. The van der Waals surface area contributed by atoms with Gasteiger partial charge in [-0.3, -0.25) is 0 Å². The van der Waals surface area contributed by atoms with E-state index in [0.29, 0.717) is 31.1 Å². The highest BCUT2D eigenvalue weighted by Gasteiger charge is 2.27. The van der Waals surface area contributed by atoms with Crippen molar-refractivity contribution in [1.82, 2.24) is 15.5 Å². The van der Waals surface area contributed by atoms with Gasteiger partial charge in [0.15, 0.2) is 5.82 Å². The van der Waals surface area contributed by atoms with Gasteiger partial charge in [0, 0.05) is 13.0 Å². The van der Waals surface area contributed by atoms with Crippen molar-refractivity contribution in [3.63, 3.8) is 0 Å². The van der Waals surface area contributed by atoms with E-state index in [0.717, 1.165) is 5.56 Å². The highest BCUT2D eigenvalue weighted by atomic mass is 16.5. The Morgan fingerprint density at radius 3 is 2.89 bits per heavy atom. The first-order valence-corrected chi connectivity index (χ1v) is 6.09. The van der Waals surface area contributed by atoms with Crippen LogP contribution in [-0.2, 0) is 6.42 Å². The lowest BCUT2D eigenvalue weighted by molar-refractivity contribution is 0.191. The van der Waals surface area contributed by atoms with Crippen LogP contribution in [0.5, 0.6) is 0 Å². The summed E-state index contributed by atoms with van der Waals surface area (Å²) in [5.74, 6) is 1.25. The van der Waals surface area contributed by atoms with Gasteiger partial charge in [0.1, 0.15) is 0 Å². The van der Waals surface area contributed by atoms with E-state index >= 15 is 0 Å². The van der Waals surface area contributed by atoms with Crippen molar-refractivity contribution >= 4 is 0 Å². The molecule has 1 saturated heterocycles. The molecule has 0 spiro atoms. The highest BCUT2D eigenvalue weighted by Crippen LogP contribution is 2.22. The van der Waals surface area contributed by atoms with E-state index in [9.17, 15) is 5.11 Å². The second-order valence-corrected chi connectivity index (χ2v) is 4.56. The number of β-amino-alcohol motifs (C(OH)–C–C–N with tert-alkyl or cyclic N) is 1. The van der Waals surface area contributed by atoms with Gasteiger partial charge in [0.25, 0.3) is 0 Å². The fourth-order valence-electron chi connectivity index (χ4n) is 2.16. The van der Waals surface area contributed by atoms with Crippen LogP contribution in [0, 0.1) is 0 Å². The number of aliphatic hydroxyl groups is 1. The Morgan fingerprint density at radius 2 is 2.17 bits per heavy atom. The van der Waals surface area contributed by atoms with Gasteiger partial charge in [-0.25, -0.2) is 0 Å². The molecule has 3 rings (SSSR count). The van der Waals surface area contributed by atoms with Crippen LogP contribution in [0.3, 0.4) is 0 Å². The first kappa shape index (κ1) is 11.4. The summed E-state index contributed by atoms with van der Waals surface area (Å²) in [5, 5.41) is 16.6. The zero-order valence-corrected chi connectivity index (χ0v) is 9.91. The van der Waals surface area contributed by atoms with E-state index in [1.54, 1.807) is 0 Å². The third-order valence-corrected chi connectivity index (χ3v) is 3.09. The molecule has 1 fully saturated rings. The van der Waals surface area contributed by atoms with Gasteiger partial charge in [-0.15, -0.1) is 0 Å². The van der Waals surface area contributed by atoms with Crippen LogP contribution < -0.4 is 5.32 Å². The van der Waals surface area contributed by atoms with Crippen LogP contribution >= 0.6 is 0 Å². The maximum absolute atomic E-state index is 9.45. The van der Waals surface area contributed by atoms with Crippen molar-refractivity contribution in [2.24, 2.45) is 0 Å². The molecule has 0 radical (unpaired) electrons. The minimum atomic E-state index is -0.320. The van der Waals surface area contributed by atoms with Crippen molar-refractivity contribution in [3.05, 3.63) is 47.6 Å². The molecule has 0 aliphatic carbocycles. The summed E-state index contributed by atoms with van der Waals surface area (Å²) in [5.41, 5.74) is 1.16. The van der Waals surface area contributed by atoms with Gasteiger partial charge in [0.05, 0.1) is 12.1 Å². The predicted octanol–water partition coefficient (Wildman–Crippen LogP) is 1.06. The van der Waals surface area contributed by atoms with E-state index < -0.39 is 0 Å². The molecule has 2 N–H and O–H groups in total. The number of aromatic nitrogens is 2. The Labute approximate surface area is 105 Å². The Bertz CT molecular complexity index is 512. The van der Waals surface area contributed by atoms with E-state index in [4.69, 9.17) is 4.52 Å². The largest absolute Gasteiger partial charge is 0.392 e. The molecule has 1 aliphatic rings. The second kappa shape index (κ2) is 4.88. The van der Waals surface area contributed by atoms with E-state index in [-0.39, 0.29) is 12.1 Å². The first-order chi connectivity index (χ1) is 8.81. The maximum atomic E-state index is 9.45. The number of aliphatic hydroxyl groups excluding tert-OH is 1. The molecule has 0 unspecified atom stereocenters. The molecule has 18 heavy (non-hydrogen) atoms. The van der Waals surface area contributed by atoms with E-state index in [2.05, 4.69) is 15.5 Å². The molecule has 1 aromatic carbocycles. The first-order valence-electron chi connectivity index (χ1n) is 6.09. The van der Waals surface area contributed by atoms with Crippen molar-refractivity contribution in [3.8, 4) is 0 Å². The average Bonchev–Trinajstić information content (AvgIpc) is 2.99. The molecule has 0 bridgehead atoms. The molecule has 2 heterocycles. The minimum Gasteiger partial charge on any atom is -0.392 e. The van der Waals surface area contributed by atoms with Crippen molar-refractivity contribution in [1.29, 1.82) is 0 Å². The minimum absolute atomic E-state index is 0.0166. The van der Waals surface area contributed by atoms with Crippen LogP contribution in [0.2, 0.25) is 0 Å². The van der Waals surface area contributed by atoms with Gasteiger partial charge in [-0.2, -0.15) is 4.98 Å². The molecule has 5 heteroatoms. The number of nitrogens with one attached hydrogen (secondary N) is 1. The van der Waals surface area contributed by atoms with Crippen LogP contribution in [0.1, 0.15) is 29.7 Å². The quantitative estimate of drug-likeness (QED) is 0.846. The third kappa shape index (κ3) is 2.42. The van der Waals surface area contributed by atoms with Crippen LogP contribution in [-0.4, -0.2) is 27.9 Å². The molecule has 94 valence electrons. The highest BCUT2D eigenvalue weighted by molar-refractivity contribution is 5.18. The molecule has 2 atom stereocenters. The van der Waals surface area contributed by atoms with Gasteiger partial charge in [-0.05, 0) is 12.0 Å². The summed E-state index contributed by atoms with van der Waals surface area (Å²) < 4.78 is 5.23. The summed E-state index contributed by atoms with van der Waals surface area (Å²) in [6.45, 7) is 0.584. The smallest absolute Gasteiger partial charge is 0.243 e. The lowest BCUT2D eigenvalue weighted by Gasteiger charge is -2.01. The zero-order valence-electron chi connectivity index (χ0n) is 9.91. The van der Waals surface area contributed by atoms with Crippen molar-refractivity contribution in [2.75, 3.05) is 6.54 Å². The zero-order chi connectivity index (χ0) is 12.4. The van der Waals surface area contributed by atoms with Crippen molar-refractivity contribution in [2.45, 2.75) is 25.0 Å². The van der Waals surface area contributed by atoms with Gasteiger partial charge in [0.2, 0.25) is 5.89 Å². The number of rotatable bonds is 3. The Balaban J connectivity index is 1.70.